The van der Waals surface area contributed by atoms with E-state index < -0.39 is 0 Å². The maximum absolute atomic E-state index is 12.6. The van der Waals surface area contributed by atoms with E-state index in [1.807, 2.05) is 12.1 Å². The lowest BCUT2D eigenvalue weighted by atomic mass is 9.90. The van der Waals surface area contributed by atoms with Gasteiger partial charge >= 0.3 is 0 Å². The molecule has 0 bridgehead atoms. The lowest BCUT2D eigenvalue weighted by Gasteiger charge is -2.34. The Bertz CT molecular complexity index is 1090. The zero-order valence-electron chi connectivity index (χ0n) is 17.6. The summed E-state index contributed by atoms with van der Waals surface area (Å²) in [6.45, 7) is 5.50. The van der Waals surface area contributed by atoms with E-state index in [9.17, 15) is 4.79 Å². The third kappa shape index (κ3) is 4.78. The number of piperazine rings is 1. The highest BCUT2D eigenvalue weighted by Gasteiger charge is 2.20. The first-order chi connectivity index (χ1) is 15.2. The second kappa shape index (κ2) is 9.27. The molecule has 2 heterocycles. The van der Waals surface area contributed by atoms with E-state index in [4.69, 9.17) is 4.98 Å². The summed E-state index contributed by atoms with van der Waals surface area (Å²) in [5.41, 5.74) is 4.64. The molecule has 5 nitrogen and oxygen atoms in total. The summed E-state index contributed by atoms with van der Waals surface area (Å²) < 4.78 is 2.31. The highest BCUT2D eigenvalue weighted by atomic mass is 79.9. The molecule has 0 unspecified atom stereocenters. The standard InChI is InChI=1S/C24H27BrN4OS/c25-20-7-8-21-22(16-20)31-24(27-21)29-13-11-28(12-14-29)10-9-26-23(30)19-6-5-17-3-1-2-4-18(17)15-19/h5-8,15-16H,1-4,9-14H2,(H,26,30). The van der Waals surface area contributed by atoms with Crippen LogP contribution in [0.1, 0.15) is 34.3 Å². The summed E-state index contributed by atoms with van der Waals surface area (Å²) in [5.74, 6) is 0.0487. The molecule has 2 aromatic carbocycles. The molecule has 5 rings (SSSR count). The van der Waals surface area contributed by atoms with Crippen LogP contribution >= 0.6 is 27.3 Å². The predicted octanol–water partition coefficient (Wildman–Crippen LogP) is 4.49. The third-order valence-electron chi connectivity index (χ3n) is 6.31. The number of halogens is 1. The fourth-order valence-electron chi connectivity index (χ4n) is 4.49. The number of thiazole rings is 1. The van der Waals surface area contributed by atoms with Crippen molar-refractivity contribution < 1.29 is 4.79 Å². The van der Waals surface area contributed by atoms with Crippen LogP contribution in [-0.2, 0) is 12.8 Å². The molecule has 1 aromatic heterocycles. The first-order valence-corrected chi connectivity index (χ1v) is 12.7. The number of aromatic nitrogens is 1. The maximum Gasteiger partial charge on any atom is 0.251 e. The van der Waals surface area contributed by atoms with Gasteiger partial charge in [-0.1, -0.05) is 33.3 Å². The first-order valence-electron chi connectivity index (χ1n) is 11.1. The molecule has 1 fully saturated rings. The van der Waals surface area contributed by atoms with Crippen LogP contribution in [0.4, 0.5) is 5.13 Å². The summed E-state index contributed by atoms with van der Waals surface area (Å²) in [6.07, 6.45) is 4.76. The van der Waals surface area contributed by atoms with Crippen molar-refractivity contribution >= 4 is 48.5 Å². The van der Waals surface area contributed by atoms with Crippen LogP contribution in [0.2, 0.25) is 0 Å². The molecule has 0 saturated carbocycles. The number of carbonyl (C=O) groups is 1. The van der Waals surface area contributed by atoms with Gasteiger partial charge in [0.25, 0.3) is 5.91 Å². The number of hydrogen-bond donors (Lipinski definition) is 1. The van der Waals surface area contributed by atoms with E-state index >= 15 is 0 Å². The molecule has 1 aliphatic heterocycles. The predicted molar refractivity (Wildman–Crippen MR) is 131 cm³/mol. The van der Waals surface area contributed by atoms with Gasteiger partial charge in [0.2, 0.25) is 0 Å². The highest BCUT2D eigenvalue weighted by molar-refractivity contribution is 9.10. The minimum absolute atomic E-state index is 0.0487. The molecule has 2 aliphatic rings. The van der Waals surface area contributed by atoms with Gasteiger partial charge in [-0.25, -0.2) is 4.98 Å². The van der Waals surface area contributed by atoms with Crippen molar-refractivity contribution in [2.75, 3.05) is 44.2 Å². The lowest BCUT2D eigenvalue weighted by Crippen LogP contribution is -2.48. The molecular formula is C24H27BrN4OS. The second-order valence-corrected chi connectivity index (χ2v) is 10.3. The monoisotopic (exact) mass is 498 g/mol. The van der Waals surface area contributed by atoms with E-state index in [-0.39, 0.29) is 5.91 Å². The topological polar surface area (TPSA) is 48.5 Å². The minimum Gasteiger partial charge on any atom is -0.351 e. The number of hydrogen-bond acceptors (Lipinski definition) is 5. The Balaban J connectivity index is 1.10. The summed E-state index contributed by atoms with van der Waals surface area (Å²) in [4.78, 5) is 22.2. The van der Waals surface area contributed by atoms with Crippen molar-refractivity contribution in [3.05, 3.63) is 57.6 Å². The van der Waals surface area contributed by atoms with E-state index in [0.29, 0.717) is 6.54 Å². The molecule has 1 saturated heterocycles. The van der Waals surface area contributed by atoms with Crippen LogP contribution in [0.3, 0.4) is 0 Å². The van der Waals surface area contributed by atoms with Crippen molar-refractivity contribution in [1.82, 2.24) is 15.2 Å². The van der Waals surface area contributed by atoms with Crippen LogP contribution < -0.4 is 10.2 Å². The van der Waals surface area contributed by atoms with Gasteiger partial charge in [0, 0.05) is 49.3 Å². The number of nitrogens with one attached hydrogen (secondary N) is 1. The van der Waals surface area contributed by atoms with Gasteiger partial charge in [0.15, 0.2) is 5.13 Å². The van der Waals surface area contributed by atoms with Crippen LogP contribution in [0.25, 0.3) is 10.2 Å². The van der Waals surface area contributed by atoms with Gasteiger partial charge < -0.3 is 10.2 Å². The van der Waals surface area contributed by atoms with E-state index in [0.717, 1.165) is 66.2 Å². The Morgan fingerprint density at radius 2 is 1.84 bits per heavy atom. The number of fused-ring (bicyclic) bond motifs is 2. The van der Waals surface area contributed by atoms with Crippen LogP contribution in [0, 0.1) is 0 Å². The first kappa shape index (κ1) is 20.9. The molecule has 1 N–H and O–H groups in total. The molecule has 162 valence electrons. The van der Waals surface area contributed by atoms with Crippen molar-refractivity contribution in [1.29, 1.82) is 0 Å². The SMILES string of the molecule is O=C(NCCN1CCN(c2nc3ccc(Br)cc3s2)CC1)c1ccc2c(c1)CCCC2. The zero-order chi connectivity index (χ0) is 21.2. The molecule has 1 aliphatic carbocycles. The fraction of sp³-hybridized carbons (Fsp3) is 0.417. The number of carbonyl (C=O) groups excluding carboxylic acids is 1. The van der Waals surface area contributed by atoms with Crippen LogP contribution in [0.5, 0.6) is 0 Å². The lowest BCUT2D eigenvalue weighted by molar-refractivity contribution is 0.0947. The molecule has 0 atom stereocenters. The Kier molecular flexibility index (Phi) is 6.25. The zero-order valence-corrected chi connectivity index (χ0v) is 20.0. The summed E-state index contributed by atoms with van der Waals surface area (Å²) >= 11 is 5.30. The molecule has 31 heavy (non-hydrogen) atoms. The molecule has 7 heteroatoms. The number of benzene rings is 2. The number of rotatable bonds is 5. The largest absolute Gasteiger partial charge is 0.351 e. The summed E-state index contributed by atoms with van der Waals surface area (Å²) in [7, 11) is 0. The Hall–Kier alpha value is -1.96. The van der Waals surface area contributed by atoms with E-state index in [1.54, 1.807) is 11.3 Å². The fourth-order valence-corrected chi connectivity index (χ4v) is 6.06. The normalized spacial score (nSPS) is 17.0. The average Bonchev–Trinajstić information content (AvgIpc) is 3.22. The third-order valence-corrected chi connectivity index (χ3v) is 7.88. The van der Waals surface area contributed by atoms with Gasteiger partial charge in [-0.2, -0.15) is 0 Å². The van der Waals surface area contributed by atoms with Gasteiger partial charge in [-0.05, 0) is 67.1 Å². The van der Waals surface area contributed by atoms with Gasteiger partial charge in [-0.15, -0.1) is 0 Å². The quantitative estimate of drug-likeness (QED) is 0.562. The average molecular weight is 499 g/mol. The number of anilines is 1. The minimum atomic E-state index is 0.0487. The smallest absolute Gasteiger partial charge is 0.251 e. The molecule has 1 amide bonds. The number of aryl methyl sites for hydroxylation is 2. The summed E-state index contributed by atoms with van der Waals surface area (Å²) in [6, 6.07) is 12.5. The Morgan fingerprint density at radius 3 is 2.68 bits per heavy atom. The molecule has 3 aromatic rings. The Morgan fingerprint density at radius 1 is 1.03 bits per heavy atom. The van der Waals surface area contributed by atoms with Crippen molar-refractivity contribution in [2.45, 2.75) is 25.7 Å². The van der Waals surface area contributed by atoms with E-state index in [1.165, 1.54) is 28.7 Å². The van der Waals surface area contributed by atoms with Gasteiger partial charge in [-0.3, -0.25) is 9.69 Å². The molecular weight excluding hydrogens is 472 g/mol. The molecule has 0 radical (unpaired) electrons. The van der Waals surface area contributed by atoms with Crippen molar-refractivity contribution in [3.8, 4) is 0 Å². The summed E-state index contributed by atoms with van der Waals surface area (Å²) in [5, 5.41) is 4.22. The second-order valence-electron chi connectivity index (χ2n) is 8.38. The van der Waals surface area contributed by atoms with Crippen LogP contribution in [-0.4, -0.2) is 55.1 Å². The van der Waals surface area contributed by atoms with E-state index in [2.05, 4.69) is 55.3 Å². The van der Waals surface area contributed by atoms with Gasteiger partial charge in [0.1, 0.15) is 0 Å². The number of amides is 1. The van der Waals surface area contributed by atoms with Crippen molar-refractivity contribution in [3.63, 3.8) is 0 Å². The van der Waals surface area contributed by atoms with Crippen molar-refractivity contribution in [2.24, 2.45) is 0 Å². The maximum atomic E-state index is 12.6. The number of nitrogens with zero attached hydrogens (tertiary/aromatic N) is 3. The van der Waals surface area contributed by atoms with Crippen LogP contribution in [0.15, 0.2) is 40.9 Å². The molecule has 0 spiro atoms. The Labute approximate surface area is 195 Å². The van der Waals surface area contributed by atoms with Gasteiger partial charge in [0.05, 0.1) is 10.2 Å². The highest BCUT2D eigenvalue weighted by Crippen LogP contribution is 2.31.